The minimum Gasteiger partial charge on any atom is -0.486 e. The third-order valence-corrected chi connectivity index (χ3v) is 4.42. The molecule has 2 aliphatic rings. The fourth-order valence-corrected chi connectivity index (χ4v) is 3.39. The van der Waals surface area contributed by atoms with Gasteiger partial charge in [0.05, 0.1) is 6.04 Å². The summed E-state index contributed by atoms with van der Waals surface area (Å²) in [6.45, 7) is 4.66. The molecular formula is C17H25ClN2O3. The highest BCUT2D eigenvalue weighted by Crippen LogP contribution is 2.43. The minimum absolute atomic E-state index is 0. The second-order valence-electron chi connectivity index (χ2n) is 6.02. The third-order valence-electron chi connectivity index (χ3n) is 4.42. The molecular weight excluding hydrogens is 316 g/mol. The molecule has 0 aliphatic carbocycles. The van der Waals surface area contributed by atoms with Crippen LogP contribution in [-0.4, -0.2) is 44.2 Å². The van der Waals surface area contributed by atoms with E-state index in [0.29, 0.717) is 19.8 Å². The summed E-state index contributed by atoms with van der Waals surface area (Å²) in [5.41, 5.74) is 1.08. The van der Waals surface area contributed by atoms with E-state index in [1.165, 1.54) is 0 Å². The van der Waals surface area contributed by atoms with Crippen LogP contribution in [0.3, 0.4) is 0 Å². The Morgan fingerprint density at radius 3 is 2.96 bits per heavy atom. The summed E-state index contributed by atoms with van der Waals surface area (Å²) in [5.74, 6) is 1.82. The van der Waals surface area contributed by atoms with Crippen LogP contribution in [0.5, 0.6) is 11.5 Å². The van der Waals surface area contributed by atoms with Crippen LogP contribution in [-0.2, 0) is 4.79 Å². The molecule has 1 amide bonds. The highest BCUT2D eigenvalue weighted by Gasteiger charge is 2.34. The first kappa shape index (κ1) is 17.9. The number of amides is 1. The molecule has 2 aliphatic heterocycles. The van der Waals surface area contributed by atoms with Crippen LogP contribution in [0.1, 0.15) is 31.4 Å². The number of carbonyl (C=O) groups excluding carboxylic acids is 1. The number of hydrogen-bond donors (Lipinski definition) is 1. The zero-order valence-corrected chi connectivity index (χ0v) is 14.5. The van der Waals surface area contributed by atoms with Gasteiger partial charge in [-0.3, -0.25) is 4.79 Å². The van der Waals surface area contributed by atoms with Crippen molar-refractivity contribution in [3.05, 3.63) is 23.8 Å². The molecule has 0 spiro atoms. The SMILES string of the molecule is CNCC(C)C(=O)N1CCCC1c1cccc2c1OCCO2.Cl. The Morgan fingerprint density at radius 1 is 1.39 bits per heavy atom. The minimum atomic E-state index is -0.0118. The third kappa shape index (κ3) is 3.56. The van der Waals surface area contributed by atoms with Crippen molar-refractivity contribution in [2.75, 3.05) is 33.4 Å². The van der Waals surface area contributed by atoms with Gasteiger partial charge in [0.2, 0.25) is 5.91 Å². The van der Waals surface area contributed by atoms with Crippen LogP contribution in [0.4, 0.5) is 0 Å². The van der Waals surface area contributed by atoms with Gasteiger partial charge in [-0.15, -0.1) is 12.4 Å². The number of hydrogen-bond acceptors (Lipinski definition) is 4. The number of carbonyl (C=O) groups is 1. The number of nitrogens with zero attached hydrogens (tertiary/aromatic N) is 1. The van der Waals surface area contributed by atoms with E-state index in [1.807, 2.05) is 31.0 Å². The summed E-state index contributed by atoms with van der Waals surface area (Å²) in [6, 6.07) is 6.08. The number of rotatable bonds is 4. The fourth-order valence-electron chi connectivity index (χ4n) is 3.39. The molecule has 6 heteroatoms. The highest BCUT2D eigenvalue weighted by atomic mass is 35.5. The van der Waals surface area contributed by atoms with E-state index in [2.05, 4.69) is 11.4 Å². The Balaban J connectivity index is 0.00000192. The van der Waals surface area contributed by atoms with E-state index < -0.39 is 0 Å². The lowest BCUT2D eigenvalue weighted by Crippen LogP contribution is -2.38. The maximum Gasteiger partial charge on any atom is 0.227 e. The lowest BCUT2D eigenvalue weighted by atomic mass is 10.0. The van der Waals surface area contributed by atoms with Gasteiger partial charge in [0.25, 0.3) is 0 Å². The summed E-state index contributed by atoms with van der Waals surface area (Å²) in [6.07, 6.45) is 2.02. The standard InChI is InChI=1S/C17H24N2O3.ClH/c1-12(11-18-2)17(20)19-8-4-6-14(19)13-5-3-7-15-16(13)22-10-9-21-15;/h3,5,7,12,14,18H,4,6,8-11H2,1-2H3;1H. The lowest BCUT2D eigenvalue weighted by Gasteiger charge is -2.30. The van der Waals surface area contributed by atoms with Gasteiger partial charge in [-0.2, -0.15) is 0 Å². The van der Waals surface area contributed by atoms with Gasteiger partial charge in [0.1, 0.15) is 13.2 Å². The van der Waals surface area contributed by atoms with E-state index in [0.717, 1.165) is 36.4 Å². The van der Waals surface area contributed by atoms with Gasteiger partial charge in [-0.1, -0.05) is 19.1 Å². The van der Waals surface area contributed by atoms with Gasteiger partial charge in [-0.25, -0.2) is 0 Å². The average molecular weight is 341 g/mol. The van der Waals surface area contributed by atoms with Crippen molar-refractivity contribution in [3.63, 3.8) is 0 Å². The molecule has 3 rings (SSSR count). The maximum absolute atomic E-state index is 12.7. The summed E-state index contributed by atoms with van der Waals surface area (Å²) in [4.78, 5) is 14.7. The van der Waals surface area contributed by atoms with Crippen LogP contribution in [0.25, 0.3) is 0 Å². The Hall–Kier alpha value is -1.46. The van der Waals surface area contributed by atoms with Gasteiger partial charge < -0.3 is 19.7 Å². The van der Waals surface area contributed by atoms with E-state index in [1.54, 1.807) is 0 Å². The lowest BCUT2D eigenvalue weighted by molar-refractivity contribution is -0.135. The average Bonchev–Trinajstić information content (AvgIpc) is 3.03. The Bertz CT molecular complexity index is 553. The molecule has 1 N–H and O–H groups in total. The van der Waals surface area contributed by atoms with E-state index >= 15 is 0 Å². The number of para-hydroxylation sites is 1. The summed E-state index contributed by atoms with van der Waals surface area (Å²) >= 11 is 0. The molecule has 1 fully saturated rings. The molecule has 1 aromatic rings. The second kappa shape index (κ2) is 7.88. The van der Waals surface area contributed by atoms with Crippen molar-refractivity contribution in [2.24, 2.45) is 5.92 Å². The first-order chi connectivity index (χ1) is 10.7. The highest BCUT2D eigenvalue weighted by molar-refractivity contribution is 5.85. The zero-order chi connectivity index (χ0) is 15.5. The van der Waals surface area contributed by atoms with Gasteiger partial charge in [0.15, 0.2) is 11.5 Å². The first-order valence-corrected chi connectivity index (χ1v) is 8.06. The number of halogens is 1. The Morgan fingerprint density at radius 2 is 2.17 bits per heavy atom. The molecule has 0 saturated carbocycles. The summed E-state index contributed by atoms with van der Waals surface area (Å²) < 4.78 is 11.5. The summed E-state index contributed by atoms with van der Waals surface area (Å²) in [5, 5.41) is 3.08. The number of likely N-dealkylation sites (tertiary alicyclic amines) is 1. The zero-order valence-electron chi connectivity index (χ0n) is 13.7. The molecule has 0 aromatic heterocycles. The monoisotopic (exact) mass is 340 g/mol. The van der Waals surface area contributed by atoms with Crippen LogP contribution < -0.4 is 14.8 Å². The molecule has 0 bridgehead atoms. The number of ether oxygens (including phenoxy) is 2. The van der Waals surface area contributed by atoms with Crippen molar-refractivity contribution < 1.29 is 14.3 Å². The molecule has 1 aromatic carbocycles. The van der Waals surface area contributed by atoms with Crippen molar-refractivity contribution in [2.45, 2.75) is 25.8 Å². The molecule has 0 radical (unpaired) electrons. The topological polar surface area (TPSA) is 50.8 Å². The summed E-state index contributed by atoms with van der Waals surface area (Å²) in [7, 11) is 1.88. The Kier molecular flexibility index (Phi) is 6.13. The largest absolute Gasteiger partial charge is 0.486 e. The number of benzene rings is 1. The normalized spacial score (nSPS) is 20.8. The van der Waals surface area contributed by atoms with Crippen LogP contribution in [0.15, 0.2) is 18.2 Å². The van der Waals surface area contributed by atoms with Crippen LogP contribution in [0, 0.1) is 5.92 Å². The van der Waals surface area contributed by atoms with E-state index in [4.69, 9.17) is 9.47 Å². The van der Waals surface area contributed by atoms with E-state index in [-0.39, 0.29) is 30.3 Å². The fraction of sp³-hybridized carbons (Fsp3) is 0.588. The molecule has 5 nitrogen and oxygen atoms in total. The molecule has 128 valence electrons. The molecule has 2 unspecified atom stereocenters. The molecule has 23 heavy (non-hydrogen) atoms. The quantitative estimate of drug-likeness (QED) is 0.914. The molecule has 1 saturated heterocycles. The van der Waals surface area contributed by atoms with Gasteiger partial charge >= 0.3 is 0 Å². The molecule has 2 heterocycles. The van der Waals surface area contributed by atoms with Gasteiger partial charge in [0, 0.05) is 24.6 Å². The predicted molar refractivity (Wildman–Crippen MR) is 91.5 cm³/mol. The first-order valence-electron chi connectivity index (χ1n) is 8.06. The number of nitrogens with one attached hydrogen (secondary N) is 1. The van der Waals surface area contributed by atoms with Crippen molar-refractivity contribution in [3.8, 4) is 11.5 Å². The predicted octanol–water partition coefficient (Wildman–Crippen LogP) is 2.40. The maximum atomic E-state index is 12.7. The van der Waals surface area contributed by atoms with Crippen molar-refractivity contribution in [1.29, 1.82) is 0 Å². The van der Waals surface area contributed by atoms with E-state index in [9.17, 15) is 4.79 Å². The number of fused-ring (bicyclic) bond motifs is 1. The van der Waals surface area contributed by atoms with Crippen molar-refractivity contribution >= 4 is 18.3 Å². The Labute approximate surface area is 143 Å². The second-order valence-corrected chi connectivity index (χ2v) is 6.02. The van der Waals surface area contributed by atoms with Crippen LogP contribution >= 0.6 is 12.4 Å². The van der Waals surface area contributed by atoms with Crippen molar-refractivity contribution in [1.82, 2.24) is 10.2 Å². The van der Waals surface area contributed by atoms with Gasteiger partial charge in [-0.05, 0) is 26.0 Å². The molecule has 2 atom stereocenters. The smallest absolute Gasteiger partial charge is 0.227 e. The van der Waals surface area contributed by atoms with Crippen LogP contribution in [0.2, 0.25) is 0 Å².